The van der Waals surface area contributed by atoms with Crippen LogP contribution in [0.4, 0.5) is 11.4 Å². The Morgan fingerprint density at radius 3 is 1.79 bits per heavy atom. The lowest BCUT2D eigenvalue weighted by molar-refractivity contribution is -0.130. The van der Waals surface area contributed by atoms with Gasteiger partial charge in [0.25, 0.3) is 0 Å². The molecule has 0 aliphatic rings. The Labute approximate surface area is 241 Å². The molecule has 0 bridgehead atoms. The van der Waals surface area contributed by atoms with Crippen LogP contribution in [0, 0.1) is 5.41 Å². The van der Waals surface area contributed by atoms with Crippen LogP contribution in [0.1, 0.15) is 118 Å². The zero-order valence-electron chi connectivity index (χ0n) is 23.7. The summed E-state index contributed by atoms with van der Waals surface area (Å²) in [5.74, 6) is -1.10. The van der Waals surface area contributed by atoms with Crippen LogP contribution in [-0.4, -0.2) is 31.2 Å². The normalized spacial score (nSPS) is 12.8. The molecule has 1 amide bonds. The molecule has 1 atom stereocenters. The number of ketones is 1. The number of halogens is 2. The van der Waals surface area contributed by atoms with E-state index in [4.69, 9.17) is 23.2 Å². The number of anilines is 2. The summed E-state index contributed by atoms with van der Waals surface area (Å²) < 4.78 is 27.6. The molecule has 0 aliphatic heterocycles. The summed E-state index contributed by atoms with van der Waals surface area (Å²) in [6, 6.07) is 4.43. The van der Waals surface area contributed by atoms with Gasteiger partial charge in [0.1, 0.15) is 0 Å². The molecule has 1 aromatic rings. The van der Waals surface area contributed by atoms with Gasteiger partial charge in [0.2, 0.25) is 15.9 Å². The van der Waals surface area contributed by atoms with Crippen LogP contribution >= 0.6 is 23.2 Å². The van der Waals surface area contributed by atoms with Crippen molar-refractivity contribution in [3.05, 3.63) is 23.2 Å². The van der Waals surface area contributed by atoms with Crippen LogP contribution in [0.15, 0.2) is 18.2 Å². The lowest BCUT2D eigenvalue weighted by Crippen LogP contribution is -2.37. The minimum Gasteiger partial charge on any atom is -0.323 e. The van der Waals surface area contributed by atoms with E-state index in [-0.39, 0.29) is 22.2 Å². The number of carbonyl (C=O) groups is 2. The first-order valence-corrected chi connectivity index (χ1v) is 16.6. The van der Waals surface area contributed by atoms with Gasteiger partial charge in [0.15, 0.2) is 11.2 Å². The maximum absolute atomic E-state index is 12.5. The van der Waals surface area contributed by atoms with Crippen molar-refractivity contribution >= 4 is 56.3 Å². The van der Waals surface area contributed by atoms with Crippen molar-refractivity contribution in [3.63, 3.8) is 0 Å². The van der Waals surface area contributed by atoms with Crippen LogP contribution < -0.4 is 10.0 Å². The zero-order valence-corrected chi connectivity index (χ0v) is 26.0. The van der Waals surface area contributed by atoms with Gasteiger partial charge in [-0.05, 0) is 24.6 Å². The van der Waals surface area contributed by atoms with Crippen molar-refractivity contribution in [1.82, 2.24) is 0 Å². The van der Waals surface area contributed by atoms with Crippen LogP contribution in [0.3, 0.4) is 0 Å². The maximum Gasteiger partial charge on any atom is 0.250 e. The number of hydrogen-bond acceptors (Lipinski definition) is 4. The molecule has 0 aliphatic carbocycles. The predicted molar refractivity (Wildman–Crippen MR) is 162 cm³/mol. The quantitative estimate of drug-likeness (QED) is 0.0901. The summed E-state index contributed by atoms with van der Waals surface area (Å²) in [5.41, 5.74) is -0.317. The Morgan fingerprint density at radius 1 is 0.842 bits per heavy atom. The van der Waals surface area contributed by atoms with E-state index in [0.717, 1.165) is 19.3 Å². The number of sulfonamides is 1. The molecule has 0 aromatic heterocycles. The average Bonchev–Trinajstić information content (AvgIpc) is 2.84. The van der Waals surface area contributed by atoms with Crippen LogP contribution in [0.25, 0.3) is 0 Å². The minimum atomic E-state index is -3.54. The first-order chi connectivity index (χ1) is 17.9. The minimum absolute atomic E-state index is 0.0270. The number of carbonyl (C=O) groups excluding carboxylic acids is 2. The van der Waals surface area contributed by atoms with Crippen molar-refractivity contribution < 1.29 is 18.0 Å². The smallest absolute Gasteiger partial charge is 0.250 e. The van der Waals surface area contributed by atoms with Crippen LogP contribution in [-0.2, 0) is 19.6 Å². The topological polar surface area (TPSA) is 92.3 Å². The SMILES string of the molecule is CCCCCCCCCCCCCCCCS(=O)(=O)Nc1ccc(Cl)c(NC(=O)C(Cl)C(=O)C(C)(C)C)c1. The van der Waals surface area contributed by atoms with Crippen LogP contribution in [0.5, 0.6) is 0 Å². The molecule has 1 rings (SSSR count). The molecule has 1 unspecified atom stereocenters. The van der Waals surface area contributed by atoms with Gasteiger partial charge in [-0.2, -0.15) is 0 Å². The number of amides is 1. The molecule has 6 nitrogen and oxygen atoms in total. The number of nitrogens with one attached hydrogen (secondary N) is 2. The summed E-state index contributed by atoms with van der Waals surface area (Å²) in [4.78, 5) is 24.7. The second-order valence-electron chi connectivity index (χ2n) is 11.2. The fourth-order valence-electron chi connectivity index (χ4n) is 4.10. The van der Waals surface area contributed by atoms with Crippen molar-refractivity contribution in [2.24, 2.45) is 5.41 Å². The standard InChI is InChI=1S/C29H48Cl2N2O4S/c1-5-6-7-8-9-10-11-12-13-14-15-16-17-18-21-38(36,37)33-23-19-20-24(30)25(22-23)32-28(35)26(31)27(34)29(2,3)4/h19-20,22,26,33H,5-18,21H2,1-4H3,(H,32,35). The molecule has 218 valence electrons. The Balaban J connectivity index is 2.34. The summed E-state index contributed by atoms with van der Waals surface area (Å²) in [7, 11) is -3.54. The summed E-state index contributed by atoms with van der Waals surface area (Å²) in [5, 5.41) is 1.35. The Bertz CT molecular complexity index is 962. The lowest BCUT2D eigenvalue weighted by atomic mass is 9.88. The molecule has 0 spiro atoms. The van der Waals surface area contributed by atoms with Gasteiger partial charge in [-0.3, -0.25) is 14.3 Å². The van der Waals surface area contributed by atoms with E-state index in [1.807, 2.05) is 0 Å². The van der Waals surface area contributed by atoms with Crippen molar-refractivity contribution in [2.45, 2.75) is 123 Å². The van der Waals surface area contributed by atoms with Crippen molar-refractivity contribution in [3.8, 4) is 0 Å². The van der Waals surface area contributed by atoms with Gasteiger partial charge >= 0.3 is 0 Å². The number of rotatable bonds is 20. The molecular weight excluding hydrogens is 543 g/mol. The third kappa shape index (κ3) is 14.7. The highest BCUT2D eigenvalue weighted by molar-refractivity contribution is 7.92. The van der Waals surface area contributed by atoms with Gasteiger partial charge in [-0.15, -0.1) is 11.6 Å². The van der Waals surface area contributed by atoms with Gasteiger partial charge in [0, 0.05) is 5.41 Å². The Hall–Kier alpha value is -1.31. The molecule has 0 fully saturated rings. The Morgan fingerprint density at radius 2 is 1.32 bits per heavy atom. The van der Waals surface area contributed by atoms with Crippen molar-refractivity contribution in [2.75, 3.05) is 15.8 Å². The van der Waals surface area contributed by atoms with Gasteiger partial charge < -0.3 is 5.32 Å². The Kier molecular flexibility index (Phi) is 16.6. The monoisotopic (exact) mass is 590 g/mol. The first kappa shape index (κ1) is 34.7. The largest absolute Gasteiger partial charge is 0.323 e. The van der Waals surface area contributed by atoms with Gasteiger partial charge in [-0.1, -0.05) is 123 Å². The van der Waals surface area contributed by atoms with E-state index in [9.17, 15) is 18.0 Å². The lowest BCUT2D eigenvalue weighted by Gasteiger charge is -2.20. The molecular formula is C29H48Cl2N2O4S. The third-order valence-corrected chi connectivity index (χ3v) is 8.56. The second-order valence-corrected chi connectivity index (χ2v) is 13.9. The van der Waals surface area contributed by atoms with E-state index in [0.29, 0.717) is 6.42 Å². The zero-order chi connectivity index (χ0) is 28.6. The van der Waals surface area contributed by atoms with Gasteiger partial charge in [0.05, 0.1) is 22.2 Å². The number of hydrogen-bond donors (Lipinski definition) is 2. The number of unbranched alkanes of at least 4 members (excludes halogenated alkanes) is 13. The summed E-state index contributed by atoms with van der Waals surface area (Å²) >= 11 is 12.2. The highest BCUT2D eigenvalue weighted by Gasteiger charge is 2.33. The fraction of sp³-hybridized carbons (Fsp3) is 0.724. The molecule has 9 heteroatoms. The van der Waals surface area contributed by atoms with E-state index in [1.54, 1.807) is 20.8 Å². The summed E-state index contributed by atoms with van der Waals surface area (Å²) in [6.07, 6.45) is 16.9. The molecule has 0 radical (unpaired) electrons. The van der Waals surface area contributed by atoms with Crippen molar-refractivity contribution in [1.29, 1.82) is 0 Å². The fourth-order valence-corrected chi connectivity index (χ4v) is 5.82. The predicted octanol–water partition coefficient (Wildman–Crippen LogP) is 8.72. The average molecular weight is 592 g/mol. The summed E-state index contributed by atoms with van der Waals surface area (Å²) in [6.45, 7) is 7.28. The molecule has 0 heterocycles. The van der Waals surface area contributed by atoms with Crippen LogP contribution in [0.2, 0.25) is 5.02 Å². The maximum atomic E-state index is 12.5. The molecule has 0 saturated carbocycles. The second kappa shape index (κ2) is 18.1. The van der Waals surface area contributed by atoms with E-state index < -0.39 is 32.5 Å². The molecule has 0 saturated heterocycles. The molecule has 1 aromatic carbocycles. The highest BCUT2D eigenvalue weighted by Crippen LogP contribution is 2.28. The van der Waals surface area contributed by atoms with E-state index in [2.05, 4.69) is 17.0 Å². The van der Waals surface area contributed by atoms with E-state index >= 15 is 0 Å². The number of alkyl halides is 1. The highest BCUT2D eigenvalue weighted by atomic mass is 35.5. The number of Topliss-reactive ketones (excluding diaryl/α,β-unsaturated/α-hetero) is 1. The molecule has 2 N–H and O–H groups in total. The van der Waals surface area contributed by atoms with E-state index in [1.165, 1.54) is 82.4 Å². The molecule has 38 heavy (non-hydrogen) atoms. The van der Waals surface area contributed by atoms with Gasteiger partial charge in [-0.25, -0.2) is 8.42 Å². The first-order valence-electron chi connectivity index (χ1n) is 14.2. The number of benzene rings is 1. The third-order valence-electron chi connectivity index (χ3n) is 6.46.